The number of fused-ring (bicyclic) bond motifs is 2. The highest BCUT2D eigenvalue weighted by atomic mass is 32.1. The molecule has 0 fully saturated rings. The van der Waals surface area contributed by atoms with Crippen LogP contribution in [-0.4, -0.2) is 18.2 Å². The second-order valence-electron chi connectivity index (χ2n) is 7.88. The van der Waals surface area contributed by atoms with Crippen LogP contribution in [0.3, 0.4) is 0 Å². The summed E-state index contributed by atoms with van der Waals surface area (Å²) in [6.45, 7) is 0. The summed E-state index contributed by atoms with van der Waals surface area (Å²) >= 11 is 6.84. The zero-order valence-electron chi connectivity index (χ0n) is 18.1. The third-order valence-electron chi connectivity index (χ3n) is 5.60. The maximum Gasteiger partial charge on any atom is 0.417 e. The number of anilines is 2. The number of thiocarbonyl (C=S) groups is 1. The Bertz CT molecular complexity index is 1310. The molecule has 0 unspecified atom stereocenters. The molecule has 6 nitrogen and oxygen atoms in total. The van der Waals surface area contributed by atoms with Gasteiger partial charge in [-0.15, -0.1) is 11.3 Å². The molecule has 0 atom stereocenters. The van der Waals surface area contributed by atoms with Crippen LogP contribution >= 0.6 is 23.6 Å². The first-order valence-electron chi connectivity index (χ1n) is 10.6. The Morgan fingerprint density at radius 2 is 1.85 bits per heavy atom. The molecule has 180 valence electrons. The number of aryl methyl sites for hydroxylation is 1. The number of halogens is 3. The highest BCUT2D eigenvalue weighted by Gasteiger charge is 2.34. The van der Waals surface area contributed by atoms with Gasteiger partial charge in [0.1, 0.15) is 10.6 Å². The van der Waals surface area contributed by atoms with Crippen molar-refractivity contribution in [1.29, 1.82) is 0 Å². The average molecular weight is 511 g/mol. The highest BCUT2D eigenvalue weighted by Crippen LogP contribution is 2.38. The monoisotopic (exact) mass is 510 g/mol. The molecule has 11 heteroatoms. The van der Waals surface area contributed by atoms with Gasteiger partial charge in [-0.1, -0.05) is 12.8 Å². The average Bonchev–Trinajstić information content (AvgIpc) is 3.07. The Hall–Kier alpha value is -2.92. The van der Waals surface area contributed by atoms with Crippen molar-refractivity contribution in [1.82, 2.24) is 0 Å². The molecule has 0 aliphatic heterocycles. The van der Waals surface area contributed by atoms with E-state index in [1.165, 1.54) is 36.6 Å². The third-order valence-corrected chi connectivity index (χ3v) is 7.01. The van der Waals surface area contributed by atoms with E-state index in [9.17, 15) is 22.8 Å². The summed E-state index contributed by atoms with van der Waals surface area (Å²) in [6, 6.07) is 4.32. The van der Waals surface area contributed by atoms with Crippen molar-refractivity contribution in [3.05, 3.63) is 56.3 Å². The van der Waals surface area contributed by atoms with Gasteiger partial charge in [-0.2, -0.15) is 13.2 Å². The van der Waals surface area contributed by atoms with Gasteiger partial charge in [0, 0.05) is 28.1 Å². The number of methoxy groups -OCH3 is 1. The van der Waals surface area contributed by atoms with Gasteiger partial charge in [0.05, 0.1) is 18.2 Å². The fourth-order valence-corrected chi connectivity index (χ4v) is 5.63. The molecule has 2 heterocycles. The van der Waals surface area contributed by atoms with Crippen LogP contribution in [-0.2, 0) is 23.8 Å². The van der Waals surface area contributed by atoms with Crippen LogP contribution in [0.2, 0.25) is 0 Å². The minimum atomic E-state index is -4.69. The largest absolute Gasteiger partial charge is 0.465 e. The number of ether oxygens (including phenoxy) is 1. The summed E-state index contributed by atoms with van der Waals surface area (Å²) in [5.74, 6) is -0.449. The number of hydrogen-bond donors (Lipinski definition) is 2. The van der Waals surface area contributed by atoms with E-state index < -0.39 is 23.3 Å². The van der Waals surface area contributed by atoms with Gasteiger partial charge in [-0.05, 0) is 55.6 Å². The van der Waals surface area contributed by atoms with E-state index in [0.717, 1.165) is 49.0 Å². The van der Waals surface area contributed by atoms with E-state index in [1.807, 2.05) is 0 Å². The quantitative estimate of drug-likeness (QED) is 0.249. The van der Waals surface area contributed by atoms with E-state index in [-0.39, 0.29) is 16.1 Å². The van der Waals surface area contributed by atoms with Crippen molar-refractivity contribution in [2.24, 2.45) is 0 Å². The van der Waals surface area contributed by atoms with E-state index >= 15 is 0 Å². The zero-order valence-corrected chi connectivity index (χ0v) is 19.8. The molecule has 1 aliphatic rings. The first-order chi connectivity index (χ1) is 16.2. The van der Waals surface area contributed by atoms with Crippen LogP contribution in [0.15, 0.2) is 33.5 Å². The summed E-state index contributed by atoms with van der Waals surface area (Å²) in [6.07, 6.45) is 1.23. The number of esters is 1. The van der Waals surface area contributed by atoms with Gasteiger partial charge in [0.25, 0.3) is 0 Å². The predicted molar refractivity (Wildman–Crippen MR) is 129 cm³/mol. The molecule has 2 N–H and O–H groups in total. The van der Waals surface area contributed by atoms with Gasteiger partial charge in [0.2, 0.25) is 0 Å². The highest BCUT2D eigenvalue weighted by molar-refractivity contribution is 7.80. The normalized spacial score (nSPS) is 14.1. The van der Waals surface area contributed by atoms with E-state index in [0.29, 0.717) is 22.3 Å². The van der Waals surface area contributed by atoms with E-state index in [2.05, 4.69) is 10.6 Å². The molecular weight excluding hydrogens is 489 g/mol. The van der Waals surface area contributed by atoms with Gasteiger partial charge in [-0.3, -0.25) is 0 Å². The second kappa shape index (κ2) is 9.75. The molecule has 1 aromatic carbocycles. The minimum Gasteiger partial charge on any atom is -0.465 e. The zero-order chi connectivity index (χ0) is 24.5. The lowest BCUT2D eigenvalue weighted by molar-refractivity contribution is -0.136. The lowest BCUT2D eigenvalue weighted by atomic mass is 9.96. The van der Waals surface area contributed by atoms with Crippen LogP contribution in [0.5, 0.6) is 0 Å². The van der Waals surface area contributed by atoms with Gasteiger partial charge in [0.15, 0.2) is 5.11 Å². The fourth-order valence-electron chi connectivity index (χ4n) is 4.07. The van der Waals surface area contributed by atoms with Gasteiger partial charge < -0.3 is 19.8 Å². The summed E-state index contributed by atoms with van der Waals surface area (Å²) in [5.41, 5.74) is -0.619. The molecule has 4 rings (SSSR count). The molecule has 0 bridgehead atoms. The first-order valence-corrected chi connectivity index (χ1v) is 11.9. The molecule has 0 saturated heterocycles. The number of nitrogens with one attached hydrogen (secondary N) is 2. The molecule has 34 heavy (non-hydrogen) atoms. The molecule has 2 aromatic heterocycles. The lowest BCUT2D eigenvalue weighted by Crippen LogP contribution is -2.20. The SMILES string of the molecule is COC(=O)c1c(NC(=S)Nc2ccc3c(C(F)(F)F)cc(=O)oc3c2)sc2c1CCCCCC2. The van der Waals surface area contributed by atoms with Crippen LogP contribution in [0.1, 0.15) is 52.0 Å². The number of thiophene rings is 1. The molecular formula is C23H21F3N2O4S2. The summed E-state index contributed by atoms with van der Waals surface area (Å²) in [4.78, 5) is 25.3. The van der Waals surface area contributed by atoms with Crippen molar-refractivity contribution in [3.8, 4) is 0 Å². The molecule has 0 radical (unpaired) electrons. The van der Waals surface area contributed by atoms with Gasteiger partial charge >= 0.3 is 17.8 Å². The van der Waals surface area contributed by atoms with Crippen LogP contribution in [0, 0.1) is 0 Å². The predicted octanol–water partition coefficient (Wildman–Crippen LogP) is 6.13. The minimum absolute atomic E-state index is 0.132. The van der Waals surface area contributed by atoms with E-state index in [4.69, 9.17) is 21.4 Å². The Kier molecular flexibility index (Phi) is 6.94. The maximum absolute atomic E-state index is 13.3. The van der Waals surface area contributed by atoms with Crippen molar-refractivity contribution in [2.75, 3.05) is 17.7 Å². The molecule has 3 aromatic rings. The smallest absolute Gasteiger partial charge is 0.417 e. The fraction of sp³-hybridized carbons (Fsp3) is 0.348. The van der Waals surface area contributed by atoms with Crippen molar-refractivity contribution in [2.45, 2.75) is 44.7 Å². The first kappa shape index (κ1) is 24.2. The second-order valence-corrected chi connectivity index (χ2v) is 9.39. The molecule has 0 amide bonds. The van der Waals surface area contributed by atoms with Crippen LogP contribution in [0.4, 0.5) is 23.9 Å². The number of carbonyl (C=O) groups excluding carboxylic acids is 1. The number of hydrogen-bond acceptors (Lipinski definition) is 6. The van der Waals surface area contributed by atoms with Crippen LogP contribution in [0.25, 0.3) is 11.0 Å². The van der Waals surface area contributed by atoms with Crippen molar-refractivity contribution < 1.29 is 27.1 Å². The molecule has 1 aliphatic carbocycles. The summed E-state index contributed by atoms with van der Waals surface area (Å²) < 4.78 is 49.8. The number of carbonyl (C=O) groups is 1. The van der Waals surface area contributed by atoms with Crippen molar-refractivity contribution >= 4 is 56.3 Å². The lowest BCUT2D eigenvalue weighted by Gasteiger charge is -2.13. The number of benzene rings is 1. The Morgan fingerprint density at radius 3 is 2.56 bits per heavy atom. The Labute approximate surface area is 202 Å². The summed E-state index contributed by atoms with van der Waals surface area (Å²) in [5, 5.41) is 6.37. The third kappa shape index (κ3) is 5.10. The standard InChI is InChI=1S/C23H21F3N2O4S2/c1-31-21(30)19-14-6-4-2-3-5-7-17(14)34-20(19)28-22(33)27-12-8-9-13-15(23(24,25)26)11-18(29)32-16(13)10-12/h8-11H,2-7H2,1H3,(H2,27,28,33). The van der Waals surface area contributed by atoms with Gasteiger partial charge in [-0.25, -0.2) is 9.59 Å². The number of alkyl halides is 3. The Balaban J connectivity index is 1.61. The number of rotatable bonds is 3. The maximum atomic E-state index is 13.3. The van der Waals surface area contributed by atoms with E-state index in [1.54, 1.807) is 0 Å². The molecule has 0 saturated carbocycles. The Morgan fingerprint density at radius 1 is 1.12 bits per heavy atom. The topological polar surface area (TPSA) is 80.6 Å². The molecule has 0 spiro atoms. The summed E-state index contributed by atoms with van der Waals surface area (Å²) in [7, 11) is 1.33. The van der Waals surface area contributed by atoms with Crippen molar-refractivity contribution in [3.63, 3.8) is 0 Å². The van der Waals surface area contributed by atoms with Crippen LogP contribution < -0.4 is 16.3 Å².